The van der Waals surface area contributed by atoms with Gasteiger partial charge in [-0.05, 0) is 37.0 Å². The van der Waals surface area contributed by atoms with Gasteiger partial charge in [-0.25, -0.2) is 0 Å². The van der Waals surface area contributed by atoms with Crippen molar-refractivity contribution in [3.8, 4) is 0 Å². The van der Waals surface area contributed by atoms with E-state index in [2.05, 4.69) is 6.92 Å². The first-order valence-electron chi connectivity index (χ1n) is 4.31. The fourth-order valence-corrected chi connectivity index (χ4v) is 2.88. The second kappa shape index (κ2) is 1.74. The van der Waals surface area contributed by atoms with Gasteiger partial charge in [0.1, 0.15) is 0 Å². The van der Waals surface area contributed by atoms with E-state index in [4.69, 9.17) is 0 Å². The third-order valence-corrected chi connectivity index (χ3v) is 3.59. The van der Waals surface area contributed by atoms with Crippen molar-refractivity contribution in [2.24, 2.45) is 11.3 Å². The molecule has 9 heavy (non-hydrogen) atoms. The van der Waals surface area contributed by atoms with E-state index in [0.29, 0.717) is 0 Å². The number of hydrogen-bond acceptors (Lipinski definition) is 0. The molecule has 0 aliphatic heterocycles. The second-order valence-electron chi connectivity index (χ2n) is 4.14. The first-order chi connectivity index (χ1) is 4.31. The summed E-state index contributed by atoms with van der Waals surface area (Å²) < 4.78 is 0. The first-order valence-corrected chi connectivity index (χ1v) is 4.31. The van der Waals surface area contributed by atoms with Gasteiger partial charge in [-0.3, -0.25) is 0 Å². The van der Waals surface area contributed by atoms with Gasteiger partial charge in [0.2, 0.25) is 0 Å². The molecule has 0 aromatic heterocycles. The van der Waals surface area contributed by atoms with Crippen molar-refractivity contribution in [2.75, 3.05) is 0 Å². The van der Waals surface area contributed by atoms with Crippen molar-refractivity contribution in [3.63, 3.8) is 0 Å². The summed E-state index contributed by atoms with van der Waals surface area (Å²) in [6.07, 6.45) is 9.16. The van der Waals surface area contributed by atoms with Crippen LogP contribution in [0, 0.1) is 11.3 Å². The largest absolute Gasteiger partial charge is 0.0594 e. The maximum absolute atomic E-state index is 2.50. The Morgan fingerprint density at radius 2 is 1.67 bits per heavy atom. The maximum Gasteiger partial charge on any atom is -0.0298 e. The van der Waals surface area contributed by atoms with Gasteiger partial charge < -0.3 is 0 Å². The highest BCUT2D eigenvalue weighted by Gasteiger charge is 2.41. The second-order valence-corrected chi connectivity index (χ2v) is 4.14. The highest BCUT2D eigenvalue weighted by atomic mass is 14.5. The molecule has 2 fully saturated rings. The molecule has 0 saturated heterocycles. The average molecular weight is 124 g/mol. The summed E-state index contributed by atoms with van der Waals surface area (Å²) in [5.74, 6) is 1.12. The van der Waals surface area contributed by atoms with Crippen LogP contribution in [0.2, 0.25) is 0 Å². The minimum Gasteiger partial charge on any atom is -0.0594 e. The van der Waals surface area contributed by atoms with E-state index in [9.17, 15) is 0 Å². The zero-order valence-electron chi connectivity index (χ0n) is 6.32. The first kappa shape index (κ1) is 5.76. The Morgan fingerprint density at radius 1 is 1.11 bits per heavy atom. The fourth-order valence-electron chi connectivity index (χ4n) is 2.88. The van der Waals surface area contributed by atoms with Gasteiger partial charge in [0.25, 0.3) is 0 Å². The summed E-state index contributed by atoms with van der Waals surface area (Å²) in [6, 6.07) is 0. The lowest BCUT2D eigenvalue weighted by atomic mass is 9.83. The molecular formula is C9H16. The van der Waals surface area contributed by atoms with Gasteiger partial charge in [0.05, 0.1) is 0 Å². The van der Waals surface area contributed by atoms with Crippen molar-refractivity contribution in [1.29, 1.82) is 0 Å². The predicted octanol–water partition coefficient (Wildman–Crippen LogP) is 2.98. The highest BCUT2D eigenvalue weighted by molar-refractivity contribution is 4.92. The molecule has 0 unspecified atom stereocenters. The van der Waals surface area contributed by atoms with Gasteiger partial charge in [-0.15, -0.1) is 0 Å². The summed E-state index contributed by atoms with van der Waals surface area (Å²) in [5, 5.41) is 0. The Labute approximate surface area is 57.6 Å². The van der Waals surface area contributed by atoms with Crippen LogP contribution in [-0.2, 0) is 0 Å². The zero-order chi connectivity index (χ0) is 6.32. The molecule has 2 saturated carbocycles. The Kier molecular flexibility index (Phi) is 1.12. The highest BCUT2D eigenvalue weighted by Crippen LogP contribution is 2.53. The molecule has 52 valence electrons. The SMILES string of the molecule is CC12CCCC1CCC2. The number of fused-ring (bicyclic) bond motifs is 1. The molecule has 0 N–H and O–H groups in total. The van der Waals surface area contributed by atoms with E-state index in [-0.39, 0.29) is 0 Å². The molecule has 0 heteroatoms. The summed E-state index contributed by atoms with van der Waals surface area (Å²) >= 11 is 0. The van der Waals surface area contributed by atoms with Crippen LogP contribution < -0.4 is 0 Å². The van der Waals surface area contributed by atoms with Gasteiger partial charge in [-0.1, -0.05) is 19.8 Å². The molecule has 0 amide bonds. The Hall–Kier alpha value is 0. The lowest BCUT2D eigenvalue weighted by molar-refractivity contribution is 0.277. The van der Waals surface area contributed by atoms with E-state index >= 15 is 0 Å². The Balaban J connectivity index is 2.17. The average Bonchev–Trinajstić information content (AvgIpc) is 2.22. The van der Waals surface area contributed by atoms with E-state index < -0.39 is 0 Å². The smallest absolute Gasteiger partial charge is 0.0298 e. The van der Waals surface area contributed by atoms with Crippen molar-refractivity contribution in [1.82, 2.24) is 0 Å². The molecular weight excluding hydrogens is 108 g/mol. The van der Waals surface area contributed by atoms with Crippen LogP contribution in [0.4, 0.5) is 0 Å². The van der Waals surface area contributed by atoms with Gasteiger partial charge in [0.15, 0.2) is 0 Å². The molecule has 0 nitrogen and oxygen atoms in total. The molecule has 0 heterocycles. The lowest BCUT2D eigenvalue weighted by Gasteiger charge is -2.22. The van der Waals surface area contributed by atoms with Crippen molar-refractivity contribution in [2.45, 2.75) is 45.4 Å². The molecule has 0 aromatic rings. The predicted molar refractivity (Wildman–Crippen MR) is 39.3 cm³/mol. The minimum atomic E-state index is 0.806. The van der Waals surface area contributed by atoms with Crippen LogP contribution >= 0.6 is 0 Å². The van der Waals surface area contributed by atoms with Gasteiger partial charge in [0, 0.05) is 0 Å². The van der Waals surface area contributed by atoms with Crippen molar-refractivity contribution < 1.29 is 0 Å². The molecule has 2 rings (SSSR count). The quantitative estimate of drug-likeness (QED) is 0.465. The van der Waals surface area contributed by atoms with Gasteiger partial charge >= 0.3 is 0 Å². The summed E-state index contributed by atoms with van der Waals surface area (Å²) in [5.41, 5.74) is 0.806. The van der Waals surface area contributed by atoms with E-state index in [1.807, 2.05) is 0 Å². The van der Waals surface area contributed by atoms with Crippen LogP contribution in [0.15, 0.2) is 0 Å². The van der Waals surface area contributed by atoms with Crippen LogP contribution in [0.25, 0.3) is 0 Å². The van der Waals surface area contributed by atoms with Crippen LogP contribution in [0.1, 0.15) is 45.4 Å². The number of rotatable bonds is 0. The standard InChI is InChI=1S/C9H16/c1-9-6-2-4-8(9)5-3-7-9/h8H,2-7H2,1H3. The third-order valence-electron chi connectivity index (χ3n) is 3.59. The molecule has 0 radical (unpaired) electrons. The summed E-state index contributed by atoms with van der Waals surface area (Å²) in [4.78, 5) is 0. The van der Waals surface area contributed by atoms with E-state index in [0.717, 1.165) is 11.3 Å². The van der Waals surface area contributed by atoms with E-state index in [1.54, 1.807) is 0 Å². The Morgan fingerprint density at radius 3 is 2.11 bits per heavy atom. The molecule has 2 aliphatic rings. The topological polar surface area (TPSA) is 0 Å². The van der Waals surface area contributed by atoms with Crippen LogP contribution in [0.3, 0.4) is 0 Å². The molecule has 0 bridgehead atoms. The van der Waals surface area contributed by atoms with E-state index in [1.165, 1.54) is 38.5 Å². The minimum absolute atomic E-state index is 0.806. The zero-order valence-corrected chi connectivity index (χ0v) is 6.32. The molecule has 0 spiro atoms. The number of hydrogen-bond donors (Lipinski definition) is 0. The Bertz CT molecular complexity index is 105. The van der Waals surface area contributed by atoms with Crippen molar-refractivity contribution in [3.05, 3.63) is 0 Å². The fraction of sp³-hybridized carbons (Fsp3) is 1.00. The summed E-state index contributed by atoms with van der Waals surface area (Å²) in [6.45, 7) is 2.50. The molecule has 2 aliphatic carbocycles. The van der Waals surface area contributed by atoms with Crippen molar-refractivity contribution >= 4 is 0 Å². The normalized spacial score (nSPS) is 49.7. The van der Waals surface area contributed by atoms with Gasteiger partial charge in [-0.2, -0.15) is 0 Å². The maximum atomic E-state index is 2.50. The summed E-state index contributed by atoms with van der Waals surface area (Å²) in [7, 11) is 0. The molecule has 0 atom stereocenters. The van der Waals surface area contributed by atoms with Crippen LogP contribution in [-0.4, -0.2) is 0 Å². The van der Waals surface area contributed by atoms with Crippen LogP contribution in [0.5, 0.6) is 0 Å². The monoisotopic (exact) mass is 124 g/mol. The third kappa shape index (κ3) is 0.720. The molecule has 0 aromatic carbocycles. The lowest BCUT2D eigenvalue weighted by Crippen LogP contribution is -2.13.